The highest BCUT2D eigenvalue weighted by molar-refractivity contribution is 5.97. The van der Waals surface area contributed by atoms with Crippen molar-refractivity contribution in [2.45, 2.75) is 52.9 Å². The van der Waals surface area contributed by atoms with Gasteiger partial charge in [0.15, 0.2) is 5.78 Å². The SMILES string of the molecule is CCCCCC(=O)c1cc(C)nnc1CC. The lowest BCUT2D eigenvalue weighted by atomic mass is 10.0. The zero-order chi connectivity index (χ0) is 12.0. The summed E-state index contributed by atoms with van der Waals surface area (Å²) in [5, 5.41) is 8.06. The van der Waals surface area contributed by atoms with Gasteiger partial charge in [-0.25, -0.2) is 0 Å². The Morgan fingerprint density at radius 1 is 1.25 bits per heavy atom. The summed E-state index contributed by atoms with van der Waals surface area (Å²) < 4.78 is 0. The van der Waals surface area contributed by atoms with E-state index >= 15 is 0 Å². The second-order valence-corrected chi connectivity index (χ2v) is 4.08. The van der Waals surface area contributed by atoms with Crippen molar-refractivity contribution < 1.29 is 4.79 Å². The summed E-state index contributed by atoms with van der Waals surface area (Å²) in [7, 11) is 0. The maximum absolute atomic E-state index is 12.0. The molecule has 16 heavy (non-hydrogen) atoms. The average molecular weight is 220 g/mol. The van der Waals surface area contributed by atoms with Gasteiger partial charge in [0.1, 0.15) is 0 Å². The van der Waals surface area contributed by atoms with E-state index in [0.29, 0.717) is 6.42 Å². The number of hydrogen-bond donors (Lipinski definition) is 0. The van der Waals surface area contributed by atoms with Gasteiger partial charge in [0.2, 0.25) is 0 Å². The first kappa shape index (κ1) is 12.8. The minimum absolute atomic E-state index is 0.211. The second kappa shape index (κ2) is 6.36. The number of carbonyl (C=O) groups is 1. The number of aryl methyl sites for hydroxylation is 2. The highest BCUT2D eigenvalue weighted by atomic mass is 16.1. The van der Waals surface area contributed by atoms with E-state index in [1.807, 2.05) is 19.9 Å². The summed E-state index contributed by atoms with van der Waals surface area (Å²) in [5.74, 6) is 0.211. The molecule has 0 aliphatic carbocycles. The van der Waals surface area contributed by atoms with Crippen molar-refractivity contribution in [3.05, 3.63) is 23.0 Å². The van der Waals surface area contributed by atoms with E-state index in [4.69, 9.17) is 0 Å². The second-order valence-electron chi connectivity index (χ2n) is 4.08. The molecule has 0 saturated carbocycles. The number of carbonyl (C=O) groups excluding carboxylic acids is 1. The summed E-state index contributed by atoms with van der Waals surface area (Å²) in [5.41, 5.74) is 2.41. The third-order valence-corrected chi connectivity index (χ3v) is 2.64. The molecule has 0 fully saturated rings. The largest absolute Gasteiger partial charge is 0.294 e. The van der Waals surface area contributed by atoms with E-state index in [-0.39, 0.29) is 5.78 Å². The normalized spacial score (nSPS) is 10.4. The van der Waals surface area contributed by atoms with Gasteiger partial charge < -0.3 is 0 Å². The van der Waals surface area contributed by atoms with Crippen LogP contribution in [0.4, 0.5) is 0 Å². The first-order valence-corrected chi connectivity index (χ1v) is 6.05. The van der Waals surface area contributed by atoms with Crippen LogP contribution in [0.25, 0.3) is 0 Å². The van der Waals surface area contributed by atoms with Gasteiger partial charge in [0.25, 0.3) is 0 Å². The summed E-state index contributed by atoms with van der Waals surface area (Å²) in [4.78, 5) is 12.0. The predicted molar refractivity (Wildman–Crippen MR) is 64.6 cm³/mol. The van der Waals surface area contributed by atoms with E-state index in [9.17, 15) is 4.79 Å². The van der Waals surface area contributed by atoms with Gasteiger partial charge >= 0.3 is 0 Å². The van der Waals surface area contributed by atoms with Crippen molar-refractivity contribution in [1.82, 2.24) is 10.2 Å². The molecule has 1 aromatic heterocycles. The summed E-state index contributed by atoms with van der Waals surface area (Å²) in [6.45, 7) is 6.01. The standard InChI is InChI=1S/C13H20N2O/c1-4-6-7-8-13(16)11-9-10(3)14-15-12(11)5-2/h9H,4-8H2,1-3H3. The fourth-order valence-electron chi connectivity index (χ4n) is 1.69. The van der Waals surface area contributed by atoms with E-state index < -0.39 is 0 Å². The van der Waals surface area contributed by atoms with Crippen LogP contribution in [0, 0.1) is 6.92 Å². The molecule has 0 bridgehead atoms. The molecule has 0 aromatic carbocycles. The molecule has 0 saturated heterocycles. The highest BCUT2D eigenvalue weighted by Crippen LogP contribution is 2.12. The van der Waals surface area contributed by atoms with Crippen molar-refractivity contribution in [2.75, 3.05) is 0 Å². The van der Waals surface area contributed by atoms with Gasteiger partial charge in [0.05, 0.1) is 11.4 Å². The van der Waals surface area contributed by atoms with E-state index in [1.54, 1.807) is 0 Å². The van der Waals surface area contributed by atoms with E-state index in [2.05, 4.69) is 17.1 Å². The first-order valence-electron chi connectivity index (χ1n) is 6.05. The monoisotopic (exact) mass is 220 g/mol. The van der Waals surface area contributed by atoms with Crippen LogP contribution >= 0.6 is 0 Å². The Labute approximate surface area is 97.3 Å². The van der Waals surface area contributed by atoms with Gasteiger partial charge in [0, 0.05) is 12.0 Å². The molecule has 1 rings (SSSR count). The molecule has 0 aliphatic heterocycles. The van der Waals surface area contributed by atoms with Crippen LogP contribution in [0.3, 0.4) is 0 Å². The number of ketones is 1. The average Bonchev–Trinajstić information content (AvgIpc) is 2.29. The summed E-state index contributed by atoms with van der Waals surface area (Å²) in [6, 6.07) is 1.86. The minimum Gasteiger partial charge on any atom is -0.294 e. The fourth-order valence-corrected chi connectivity index (χ4v) is 1.69. The third-order valence-electron chi connectivity index (χ3n) is 2.64. The molecule has 3 nitrogen and oxygen atoms in total. The van der Waals surface area contributed by atoms with E-state index in [1.165, 1.54) is 0 Å². The molecule has 0 unspecified atom stereocenters. The van der Waals surface area contributed by atoms with Crippen molar-refractivity contribution in [3.63, 3.8) is 0 Å². The summed E-state index contributed by atoms with van der Waals surface area (Å²) >= 11 is 0. The molecule has 0 amide bonds. The zero-order valence-electron chi connectivity index (χ0n) is 10.4. The predicted octanol–water partition coefficient (Wildman–Crippen LogP) is 3.11. The maximum Gasteiger partial charge on any atom is 0.164 e. The Balaban J connectivity index is 2.76. The molecule has 0 N–H and O–H groups in total. The van der Waals surface area contributed by atoms with Gasteiger partial charge in [-0.05, 0) is 25.8 Å². The highest BCUT2D eigenvalue weighted by Gasteiger charge is 2.12. The van der Waals surface area contributed by atoms with Crippen molar-refractivity contribution in [2.24, 2.45) is 0 Å². The molecule has 1 aromatic rings. The number of nitrogens with zero attached hydrogens (tertiary/aromatic N) is 2. The van der Waals surface area contributed by atoms with Gasteiger partial charge in [-0.15, -0.1) is 0 Å². The van der Waals surface area contributed by atoms with Gasteiger partial charge in [-0.2, -0.15) is 10.2 Å². The quantitative estimate of drug-likeness (QED) is 0.546. The van der Waals surface area contributed by atoms with Crippen LogP contribution in [0.2, 0.25) is 0 Å². The molecule has 1 heterocycles. The Morgan fingerprint density at radius 3 is 2.62 bits per heavy atom. The van der Waals surface area contributed by atoms with Gasteiger partial charge in [-0.3, -0.25) is 4.79 Å². The Hall–Kier alpha value is -1.25. The molecule has 3 heteroatoms. The summed E-state index contributed by atoms with van der Waals surface area (Å²) in [6.07, 6.45) is 4.63. The van der Waals surface area contributed by atoms with Crippen molar-refractivity contribution in [3.8, 4) is 0 Å². The van der Waals surface area contributed by atoms with E-state index in [0.717, 1.165) is 42.6 Å². The Kier molecular flexibility index (Phi) is 5.09. The first-order chi connectivity index (χ1) is 7.69. The van der Waals surface area contributed by atoms with Crippen molar-refractivity contribution >= 4 is 5.78 Å². The number of aromatic nitrogens is 2. The van der Waals surface area contributed by atoms with Crippen LogP contribution in [0.1, 0.15) is 61.3 Å². The fraction of sp³-hybridized carbons (Fsp3) is 0.615. The van der Waals surface area contributed by atoms with Crippen LogP contribution in [-0.2, 0) is 6.42 Å². The van der Waals surface area contributed by atoms with Crippen LogP contribution in [0.5, 0.6) is 0 Å². The number of unbranched alkanes of at least 4 members (excludes halogenated alkanes) is 2. The molecular weight excluding hydrogens is 200 g/mol. The molecule has 0 aliphatic rings. The minimum atomic E-state index is 0.211. The Morgan fingerprint density at radius 2 is 2.00 bits per heavy atom. The van der Waals surface area contributed by atoms with Crippen LogP contribution in [0.15, 0.2) is 6.07 Å². The topological polar surface area (TPSA) is 42.9 Å². The zero-order valence-corrected chi connectivity index (χ0v) is 10.4. The molecule has 88 valence electrons. The smallest absolute Gasteiger partial charge is 0.164 e. The van der Waals surface area contributed by atoms with Crippen LogP contribution < -0.4 is 0 Å². The number of hydrogen-bond acceptors (Lipinski definition) is 3. The lowest BCUT2D eigenvalue weighted by molar-refractivity contribution is 0.0977. The molecule has 0 radical (unpaired) electrons. The van der Waals surface area contributed by atoms with Gasteiger partial charge in [-0.1, -0.05) is 26.7 Å². The Bertz CT molecular complexity index is 361. The number of Topliss-reactive ketones (excluding diaryl/α,β-unsaturated/α-hetero) is 1. The molecule has 0 atom stereocenters. The lowest BCUT2D eigenvalue weighted by Crippen LogP contribution is -2.07. The maximum atomic E-state index is 12.0. The molecule has 0 spiro atoms. The number of rotatable bonds is 6. The lowest BCUT2D eigenvalue weighted by Gasteiger charge is -2.05. The van der Waals surface area contributed by atoms with Crippen molar-refractivity contribution in [1.29, 1.82) is 0 Å². The molecular formula is C13H20N2O. The van der Waals surface area contributed by atoms with Crippen LogP contribution in [-0.4, -0.2) is 16.0 Å². The third kappa shape index (κ3) is 3.40.